The largest absolute Gasteiger partial charge is 0.359 e. The van der Waals surface area contributed by atoms with Gasteiger partial charge in [0.05, 0.1) is 0 Å². The van der Waals surface area contributed by atoms with Gasteiger partial charge in [-0.05, 0) is 25.8 Å². The molecule has 0 unspecified atom stereocenters. The number of aromatic nitrogens is 2. The average Bonchev–Trinajstić information content (AvgIpc) is 2.95. The fourth-order valence-corrected chi connectivity index (χ4v) is 3.00. The molecular weight excluding hydrogens is 312 g/mol. The van der Waals surface area contributed by atoms with E-state index in [1.54, 1.807) is 7.05 Å². The summed E-state index contributed by atoms with van der Waals surface area (Å²) in [5.74, 6) is -0.219. The Morgan fingerprint density at radius 3 is 2.57 bits per heavy atom. The van der Waals surface area contributed by atoms with E-state index in [0.29, 0.717) is 18.0 Å². The number of nitrogens with zero attached hydrogens (tertiary/aromatic N) is 2. The van der Waals surface area contributed by atoms with Crippen molar-refractivity contribution >= 4 is 28.3 Å². The summed E-state index contributed by atoms with van der Waals surface area (Å²) in [4.78, 5) is 22.9. The fourth-order valence-electron chi connectivity index (χ4n) is 2.15. The van der Waals surface area contributed by atoms with Gasteiger partial charge in [-0.15, -0.1) is 10.2 Å². The highest BCUT2D eigenvalue weighted by Gasteiger charge is 2.11. The third-order valence-corrected chi connectivity index (χ3v) is 4.24. The molecule has 2 amide bonds. The van der Waals surface area contributed by atoms with Crippen LogP contribution >= 0.6 is 11.3 Å². The Balaban J connectivity index is 1.94. The van der Waals surface area contributed by atoms with Gasteiger partial charge >= 0.3 is 0 Å². The Morgan fingerprint density at radius 1 is 1.13 bits per heavy atom. The van der Waals surface area contributed by atoms with Crippen LogP contribution in [0.25, 0.3) is 10.6 Å². The standard InChI is InChI=1S/C16H20N4O2S/c1-10-7-8-12(11(2)9-10)15-19-20-16(23-15)18-14(22)6-4-5-13(21)17-3/h7-9H,4-6H2,1-3H3,(H,17,21)(H,18,20,22). The first-order valence-electron chi connectivity index (χ1n) is 7.41. The van der Waals surface area contributed by atoms with Gasteiger partial charge in [0.2, 0.25) is 16.9 Å². The molecule has 0 fully saturated rings. The van der Waals surface area contributed by atoms with Crippen LogP contribution in [-0.4, -0.2) is 29.1 Å². The quantitative estimate of drug-likeness (QED) is 0.852. The summed E-state index contributed by atoms with van der Waals surface area (Å²) in [7, 11) is 1.58. The summed E-state index contributed by atoms with van der Waals surface area (Å²) in [6, 6.07) is 6.13. The molecule has 23 heavy (non-hydrogen) atoms. The zero-order valence-electron chi connectivity index (χ0n) is 13.5. The Bertz CT molecular complexity index is 712. The van der Waals surface area contributed by atoms with Crippen LogP contribution in [-0.2, 0) is 9.59 Å². The van der Waals surface area contributed by atoms with Crippen LogP contribution in [0.4, 0.5) is 5.13 Å². The van der Waals surface area contributed by atoms with E-state index in [4.69, 9.17) is 0 Å². The van der Waals surface area contributed by atoms with Gasteiger partial charge in [-0.3, -0.25) is 9.59 Å². The lowest BCUT2D eigenvalue weighted by atomic mass is 10.1. The number of amides is 2. The zero-order valence-corrected chi connectivity index (χ0v) is 14.3. The molecule has 1 heterocycles. The molecule has 6 nitrogen and oxygen atoms in total. The molecule has 2 N–H and O–H groups in total. The second-order valence-electron chi connectivity index (χ2n) is 5.31. The summed E-state index contributed by atoms with van der Waals surface area (Å²) in [5.41, 5.74) is 3.35. The first-order valence-corrected chi connectivity index (χ1v) is 8.23. The van der Waals surface area contributed by atoms with Gasteiger partial charge in [0.15, 0.2) is 0 Å². The highest BCUT2D eigenvalue weighted by atomic mass is 32.1. The van der Waals surface area contributed by atoms with E-state index in [-0.39, 0.29) is 18.2 Å². The molecule has 0 radical (unpaired) electrons. The minimum absolute atomic E-state index is 0.0640. The molecule has 0 spiro atoms. The van der Waals surface area contributed by atoms with Gasteiger partial charge in [-0.1, -0.05) is 35.1 Å². The molecule has 0 saturated carbocycles. The number of carbonyl (C=O) groups excluding carboxylic acids is 2. The lowest BCUT2D eigenvalue weighted by Crippen LogP contribution is -2.18. The van der Waals surface area contributed by atoms with Crippen molar-refractivity contribution in [1.82, 2.24) is 15.5 Å². The molecule has 0 bridgehead atoms. The Kier molecular flexibility index (Phi) is 5.81. The van der Waals surface area contributed by atoms with E-state index in [2.05, 4.69) is 26.9 Å². The SMILES string of the molecule is CNC(=O)CCCC(=O)Nc1nnc(-c2ccc(C)cc2C)s1. The minimum atomic E-state index is -0.155. The Morgan fingerprint density at radius 2 is 1.87 bits per heavy atom. The van der Waals surface area contributed by atoms with Crippen LogP contribution in [0, 0.1) is 13.8 Å². The highest BCUT2D eigenvalue weighted by molar-refractivity contribution is 7.18. The molecule has 2 rings (SSSR count). The summed E-state index contributed by atoms with van der Waals surface area (Å²) in [5, 5.41) is 14.7. The molecular formula is C16H20N4O2S. The smallest absolute Gasteiger partial charge is 0.226 e. The van der Waals surface area contributed by atoms with Gasteiger partial charge in [0.1, 0.15) is 5.01 Å². The summed E-state index contributed by atoms with van der Waals surface area (Å²) < 4.78 is 0. The van der Waals surface area contributed by atoms with E-state index in [0.717, 1.165) is 16.1 Å². The van der Waals surface area contributed by atoms with Gasteiger partial charge in [-0.25, -0.2) is 0 Å². The molecule has 0 aliphatic rings. The first kappa shape index (κ1) is 17.1. The number of hydrogen-bond acceptors (Lipinski definition) is 5. The van der Waals surface area contributed by atoms with Gasteiger partial charge < -0.3 is 10.6 Å². The maximum Gasteiger partial charge on any atom is 0.226 e. The van der Waals surface area contributed by atoms with Crippen LogP contribution in [0.15, 0.2) is 18.2 Å². The van der Waals surface area contributed by atoms with E-state index in [1.807, 2.05) is 26.0 Å². The zero-order chi connectivity index (χ0) is 16.8. The second kappa shape index (κ2) is 7.82. The van der Waals surface area contributed by atoms with Gasteiger partial charge in [-0.2, -0.15) is 0 Å². The molecule has 0 atom stereocenters. The predicted molar refractivity (Wildman–Crippen MR) is 91.4 cm³/mol. The summed E-state index contributed by atoms with van der Waals surface area (Å²) >= 11 is 1.35. The number of benzene rings is 1. The fraction of sp³-hybridized carbons (Fsp3) is 0.375. The third-order valence-electron chi connectivity index (χ3n) is 3.37. The van der Waals surface area contributed by atoms with E-state index in [9.17, 15) is 9.59 Å². The monoisotopic (exact) mass is 332 g/mol. The molecule has 1 aromatic carbocycles. The molecule has 2 aromatic rings. The number of hydrogen-bond donors (Lipinski definition) is 2. The van der Waals surface area contributed by atoms with Crippen molar-refractivity contribution in [3.8, 4) is 10.6 Å². The van der Waals surface area contributed by atoms with Crippen LogP contribution in [0.1, 0.15) is 30.4 Å². The maximum absolute atomic E-state index is 11.8. The van der Waals surface area contributed by atoms with Crippen molar-refractivity contribution in [2.45, 2.75) is 33.1 Å². The second-order valence-corrected chi connectivity index (χ2v) is 6.28. The summed E-state index contributed by atoms with van der Waals surface area (Å²) in [6.07, 6.45) is 1.13. The van der Waals surface area contributed by atoms with E-state index in [1.165, 1.54) is 16.9 Å². The van der Waals surface area contributed by atoms with Crippen LogP contribution in [0.2, 0.25) is 0 Å². The van der Waals surface area contributed by atoms with E-state index >= 15 is 0 Å². The minimum Gasteiger partial charge on any atom is -0.359 e. The molecule has 0 aliphatic heterocycles. The normalized spacial score (nSPS) is 10.4. The van der Waals surface area contributed by atoms with Crippen molar-refractivity contribution in [2.75, 3.05) is 12.4 Å². The van der Waals surface area contributed by atoms with Crippen molar-refractivity contribution in [3.05, 3.63) is 29.3 Å². The van der Waals surface area contributed by atoms with Crippen LogP contribution in [0.5, 0.6) is 0 Å². The number of rotatable bonds is 6. The Labute approximate surface area is 139 Å². The molecule has 0 aliphatic carbocycles. The van der Waals surface area contributed by atoms with Gasteiger partial charge in [0.25, 0.3) is 0 Å². The number of aryl methyl sites for hydroxylation is 2. The Hall–Kier alpha value is -2.28. The maximum atomic E-state index is 11.8. The number of nitrogens with one attached hydrogen (secondary N) is 2. The van der Waals surface area contributed by atoms with Crippen molar-refractivity contribution in [3.63, 3.8) is 0 Å². The molecule has 0 saturated heterocycles. The topological polar surface area (TPSA) is 84.0 Å². The van der Waals surface area contributed by atoms with Crippen molar-refractivity contribution in [1.29, 1.82) is 0 Å². The summed E-state index contributed by atoms with van der Waals surface area (Å²) in [6.45, 7) is 4.07. The predicted octanol–water partition coefficient (Wildman–Crippen LogP) is 2.68. The average molecular weight is 332 g/mol. The lowest BCUT2D eigenvalue weighted by Gasteiger charge is -2.02. The third kappa shape index (κ3) is 4.85. The molecule has 1 aromatic heterocycles. The van der Waals surface area contributed by atoms with Gasteiger partial charge in [0, 0.05) is 25.5 Å². The van der Waals surface area contributed by atoms with E-state index < -0.39 is 0 Å². The molecule has 7 heteroatoms. The number of carbonyl (C=O) groups is 2. The van der Waals surface area contributed by atoms with Crippen LogP contribution < -0.4 is 10.6 Å². The van der Waals surface area contributed by atoms with Crippen LogP contribution in [0.3, 0.4) is 0 Å². The molecule has 122 valence electrons. The number of anilines is 1. The van der Waals surface area contributed by atoms with Crippen molar-refractivity contribution < 1.29 is 9.59 Å². The lowest BCUT2D eigenvalue weighted by molar-refractivity contribution is -0.120. The first-order chi connectivity index (χ1) is 11.0. The highest BCUT2D eigenvalue weighted by Crippen LogP contribution is 2.29. The van der Waals surface area contributed by atoms with Crippen molar-refractivity contribution in [2.24, 2.45) is 0 Å².